The molecule has 0 saturated carbocycles. The van der Waals surface area contributed by atoms with Crippen LogP contribution in [-0.4, -0.2) is 43.8 Å². The second-order valence-electron chi connectivity index (χ2n) is 8.78. The van der Waals surface area contributed by atoms with E-state index in [4.69, 9.17) is 21.1 Å². The van der Waals surface area contributed by atoms with Crippen molar-refractivity contribution in [1.82, 2.24) is 15.1 Å². The van der Waals surface area contributed by atoms with Crippen LogP contribution in [0.2, 0.25) is 4.34 Å². The normalized spacial score (nSPS) is 11.4. The van der Waals surface area contributed by atoms with E-state index < -0.39 is 10.0 Å². The quantitative estimate of drug-likeness (QED) is 0.206. The van der Waals surface area contributed by atoms with Crippen molar-refractivity contribution < 1.29 is 27.5 Å². The zero-order valence-electron chi connectivity index (χ0n) is 22.0. The maximum Gasteiger partial charge on any atom is 0.305 e. The van der Waals surface area contributed by atoms with E-state index in [0.29, 0.717) is 47.1 Å². The minimum Gasteiger partial charge on any atom is -0.496 e. The number of thiophene rings is 1. The third kappa shape index (κ3) is 7.32. The largest absolute Gasteiger partial charge is 0.496 e. The van der Waals surface area contributed by atoms with Crippen molar-refractivity contribution >= 4 is 61.6 Å². The summed E-state index contributed by atoms with van der Waals surface area (Å²) in [5, 5.41) is 7.99. The Kier molecular flexibility index (Phi) is 9.67. The lowest BCUT2D eigenvalue weighted by Gasteiger charge is -2.09. The number of carbonyl (C=O) groups is 2. The highest BCUT2D eigenvalue weighted by molar-refractivity contribution is 7.94. The number of benzene rings is 2. The molecule has 0 aliphatic rings. The number of nitrogens with one attached hydrogen (secondary N) is 2. The number of rotatable bonds is 13. The molecule has 212 valence electrons. The molecule has 2 aromatic carbocycles. The molecule has 40 heavy (non-hydrogen) atoms. The number of ether oxygens (including phenoxy) is 2. The smallest absolute Gasteiger partial charge is 0.305 e. The number of fused-ring (bicyclic) bond motifs is 1. The summed E-state index contributed by atoms with van der Waals surface area (Å²) in [6.07, 6.45) is 0.862. The molecule has 0 bridgehead atoms. The standard InChI is InChI=1S/C27H29ClN4O6S2/c1-3-38-24(34)12-6-11-23(33)29-16-18-7-4-8-19(15-18)17-32-20-9-5-10-21(37-2)26(20)27(30-32)31-40(35,36)25-14-13-22(28)39-25/h4-5,7-10,13-15H,3,6,11-12,16-17H2,1-2H3,(H,29,33)(H,30,31). The highest BCUT2D eigenvalue weighted by Gasteiger charge is 2.23. The van der Waals surface area contributed by atoms with Crippen molar-refractivity contribution in [3.63, 3.8) is 0 Å². The van der Waals surface area contributed by atoms with Gasteiger partial charge in [-0.1, -0.05) is 41.9 Å². The highest BCUT2D eigenvalue weighted by atomic mass is 35.5. The molecule has 4 rings (SSSR count). The van der Waals surface area contributed by atoms with E-state index in [0.717, 1.165) is 22.5 Å². The average Bonchev–Trinajstić information content (AvgIpc) is 3.52. The molecule has 1 amide bonds. The average molecular weight is 605 g/mol. The van der Waals surface area contributed by atoms with Crippen LogP contribution in [0.1, 0.15) is 37.3 Å². The van der Waals surface area contributed by atoms with E-state index in [1.165, 1.54) is 19.2 Å². The molecule has 4 aromatic rings. The number of sulfonamides is 1. The van der Waals surface area contributed by atoms with E-state index in [1.807, 2.05) is 36.4 Å². The monoisotopic (exact) mass is 604 g/mol. The maximum absolute atomic E-state index is 13.0. The van der Waals surface area contributed by atoms with Gasteiger partial charge in [-0.2, -0.15) is 5.10 Å². The first-order valence-corrected chi connectivity index (χ1v) is 15.2. The Morgan fingerprint density at radius 2 is 1.85 bits per heavy atom. The fourth-order valence-corrected chi connectivity index (χ4v) is 6.60. The summed E-state index contributed by atoms with van der Waals surface area (Å²) in [4.78, 5) is 23.6. The first kappa shape index (κ1) is 29.4. The topological polar surface area (TPSA) is 129 Å². The molecular weight excluding hydrogens is 576 g/mol. The Morgan fingerprint density at radius 1 is 1.07 bits per heavy atom. The van der Waals surface area contributed by atoms with Crippen LogP contribution >= 0.6 is 22.9 Å². The fourth-order valence-electron chi connectivity index (χ4n) is 4.11. The molecule has 0 aliphatic heterocycles. The number of nitrogens with zero attached hydrogens (tertiary/aromatic N) is 2. The number of anilines is 1. The molecule has 0 fully saturated rings. The van der Waals surface area contributed by atoms with Crippen molar-refractivity contribution in [2.75, 3.05) is 18.4 Å². The lowest BCUT2D eigenvalue weighted by molar-refractivity contribution is -0.143. The van der Waals surface area contributed by atoms with Crippen molar-refractivity contribution in [3.8, 4) is 5.75 Å². The molecule has 0 aliphatic carbocycles. The number of halogens is 1. The highest BCUT2D eigenvalue weighted by Crippen LogP contribution is 2.35. The number of hydrogen-bond donors (Lipinski definition) is 2. The minimum absolute atomic E-state index is 0.0748. The number of aromatic nitrogens is 2. The van der Waals surface area contributed by atoms with Gasteiger partial charge in [0.2, 0.25) is 5.91 Å². The van der Waals surface area contributed by atoms with Gasteiger partial charge in [-0.05, 0) is 48.7 Å². The van der Waals surface area contributed by atoms with Gasteiger partial charge >= 0.3 is 5.97 Å². The molecule has 2 heterocycles. The lowest BCUT2D eigenvalue weighted by Crippen LogP contribution is -2.22. The molecule has 0 unspecified atom stereocenters. The first-order valence-electron chi connectivity index (χ1n) is 12.5. The van der Waals surface area contributed by atoms with Gasteiger partial charge in [0, 0.05) is 19.4 Å². The molecule has 10 nitrogen and oxygen atoms in total. The van der Waals surface area contributed by atoms with Crippen molar-refractivity contribution in [2.45, 2.75) is 43.5 Å². The third-order valence-corrected chi connectivity index (χ3v) is 8.97. The molecule has 2 N–H and O–H groups in total. The minimum atomic E-state index is -3.92. The lowest BCUT2D eigenvalue weighted by atomic mass is 10.1. The van der Waals surface area contributed by atoms with E-state index in [1.54, 1.807) is 17.7 Å². The van der Waals surface area contributed by atoms with Gasteiger partial charge in [0.05, 0.1) is 35.5 Å². The van der Waals surface area contributed by atoms with Crippen molar-refractivity contribution in [1.29, 1.82) is 0 Å². The molecule has 13 heteroatoms. The summed E-state index contributed by atoms with van der Waals surface area (Å²) in [6.45, 7) is 2.74. The Labute approximate surface area is 241 Å². The summed E-state index contributed by atoms with van der Waals surface area (Å²) >= 11 is 6.90. The summed E-state index contributed by atoms with van der Waals surface area (Å²) in [5.74, 6) is 0.163. The Bertz CT molecular complexity index is 1620. The van der Waals surface area contributed by atoms with Crippen LogP contribution in [0, 0.1) is 0 Å². The second kappa shape index (κ2) is 13.2. The van der Waals surface area contributed by atoms with Gasteiger partial charge in [0.25, 0.3) is 10.0 Å². The van der Waals surface area contributed by atoms with Crippen LogP contribution in [0.15, 0.2) is 58.8 Å². The number of esters is 1. The number of methoxy groups -OCH3 is 1. The van der Waals surface area contributed by atoms with Gasteiger partial charge in [-0.3, -0.25) is 19.0 Å². The van der Waals surface area contributed by atoms with E-state index in [-0.39, 0.29) is 34.7 Å². The van der Waals surface area contributed by atoms with E-state index in [9.17, 15) is 18.0 Å². The maximum atomic E-state index is 13.0. The SMILES string of the molecule is CCOC(=O)CCCC(=O)NCc1cccc(Cn2nc(NS(=O)(=O)c3ccc(Cl)s3)c3c(OC)cccc32)c1. The first-order chi connectivity index (χ1) is 19.2. The van der Waals surface area contributed by atoms with Crippen LogP contribution in [0.4, 0.5) is 5.82 Å². The molecule has 0 spiro atoms. The fraction of sp³-hybridized carbons (Fsp3) is 0.296. The summed E-state index contributed by atoms with van der Waals surface area (Å²) in [5.41, 5.74) is 2.48. The Balaban J connectivity index is 1.49. The van der Waals surface area contributed by atoms with Crippen molar-refractivity contribution in [3.05, 3.63) is 70.1 Å². The molecule has 2 aromatic heterocycles. The van der Waals surface area contributed by atoms with Gasteiger partial charge in [0.1, 0.15) is 9.96 Å². The van der Waals surface area contributed by atoms with Gasteiger partial charge < -0.3 is 14.8 Å². The predicted molar refractivity (Wildman–Crippen MR) is 154 cm³/mol. The zero-order chi connectivity index (χ0) is 28.7. The summed E-state index contributed by atoms with van der Waals surface area (Å²) in [6, 6.07) is 16.0. The molecular formula is C27H29ClN4O6S2. The van der Waals surface area contributed by atoms with Gasteiger partial charge in [-0.25, -0.2) is 8.42 Å². The summed E-state index contributed by atoms with van der Waals surface area (Å²) < 4.78 is 41.1. The number of amides is 1. The zero-order valence-corrected chi connectivity index (χ0v) is 24.4. The van der Waals surface area contributed by atoms with Gasteiger partial charge in [-0.15, -0.1) is 11.3 Å². The van der Waals surface area contributed by atoms with Crippen LogP contribution in [-0.2, 0) is 37.4 Å². The Morgan fingerprint density at radius 3 is 2.58 bits per heavy atom. The number of carbonyl (C=O) groups excluding carboxylic acids is 2. The van der Waals surface area contributed by atoms with Crippen LogP contribution in [0.5, 0.6) is 5.75 Å². The Hall–Kier alpha value is -3.61. The van der Waals surface area contributed by atoms with Crippen LogP contribution in [0.25, 0.3) is 10.9 Å². The van der Waals surface area contributed by atoms with E-state index in [2.05, 4.69) is 15.1 Å². The molecule has 0 saturated heterocycles. The summed E-state index contributed by atoms with van der Waals surface area (Å²) in [7, 11) is -2.41. The van der Waals surface area contributed by atoms with Crippen molar-refractivity contribution in [2.24, 2.45) is 0 Å². The van der Waals surface area contributed by atoms with E-state index >= 15 is 0 Å². The second-order valence-corrected chi connectivity index (χ2v) is 12.4. The van der Waals surface area contributed by atoms with Crippen LogP contribution in [0.3, 0.4) is 0 Å². The molecule has 0 atom stereocenters. The van der Waals surface area contributed by atoms with Crippen LogP contribution < -0.4 is 14.8 Å². The van der Waals surface area contributed by atoms with Gasteiger partial charge in [0.15, 0.2) is 5.82 Å². The molecule has 0 radical (unpaired) electrons. The number of hydrogen-bond acceptors (Lipinski definition) is 8. The third-order valence-electron chi connectivity index (χ3n) is 5.91. The predicted octanol–water partition coefficient (Wildman–Crippen LogP) is 4.96.